The second-order valence-electron chi connectivity index (χ2n) is 2.10. The van der Waals surface area contributed by atoms with Gasteiger partial charge in [-0.3, -0.25) is 0 Å². The fourth-order valence-corrected chi connectivity index (χ4v) is 0.696. The van der Waals surface area contributed by atoms with Crippen molar-refractivity contribution in [3.63, 3.8) is 0 Å². The van der Waals surface area contributed by atoms with Gasteiger partial charge in [-0.1, -0.05) is 30.3 Å². The van der Waals surface area contributed by atoms with Crippen LogP contribution in [0.2, 0.25) is 0 Å². The maximum atomic E-state index is 10.5. The van der Waals surface area contributed by atoms with E-state index in [-0.39, 0.29) is 0 Å². The van der Waals surface area contributed by atoms with Gasteiger partial charge in [0.15, 0.2) is 6.61 Å². The molecule has 0 unspecified atom stereocenters. The van der Waals surface area contributed by atoms with E-state index in [1.807, 2.05) is 30.3 Å². The molecule has 0 saturated carbocycles. The van der Waals surface area contributed by atoms with E-state index in [0.29, 0.717) is 0 Å². The summed E-state index contributed by atoms with van der Waals surface area (Å²) in [5, 5.41) is 0. The van der Waals surface area contributed by atoms with Gasteiger partial charge in [-0.2, -0.15) is 0 Å². The van der Waals surface area contributed by atoms with Crippen LogP contribution in [-0.4, -0.2) is 13.3 Å². The summed E-state index contributed by atoms with van der Waals surface area (Å²) in [7, 11) is 1.27. The third-order valence-corrected chi connectivity index (χ3v) is 1.26. The summed E-state index contributed by atoms with van der Waals surface area (Å²) >= 11 is 0. The molecule has 1 rings (SSSR count). The van der Waals surface area contributed by atoms with Gasteiger partial charge in [-0.05, 0) is 5.56 Å². The molecular weight excluding hydrogens is 156 g/mol. The highest BCUT2D eigenvalue weighted by atomic mass is 16.7. The van der Waals surface area contributed by atoms with Crippen LogP contribution in [0.5, 0.6) is 0 Å². The molecule has 0 bridgehead atoms. The first-order valence-electron chi connectivity index (χ1n) is 3.46. The average molecular weight is 165 g/mol. The molecule has 0 aromatic heterocycles. The third kappa shape index (κ3) is 2.62. The lowest BCUT2D eigenvalue weighted by Gasteiger charge is -2.00. The summed E-state index contributed by atoms with van der Waals surface area (Å²) in [4.78, 5) is 10.5. The second kappa shape index (κ2) is 4.38. The van der Waals surface area contributed by atoms with Crippen molar-refractivity contribution in [3.8, 4) is 0 Å². The molecule has 0 N–H and O–H groups in total. The molecule has 1 aromatic rings. The number of rotatable bonds is 2. The molecule has 0 aliphatic carbocycles. The van der Waals surface area contributed by atoms with Gasteiger partial charge in [0.25, 0.3) is 0 Å². The molecule has 3 heteroatoms. The van der Waals surface area contributed by atoms with Gasteiger partial charge in [0, 0.05) is 0 Å². The molecule has 1 aromatic carbocycles. The van der Waals surface area contributed by atoms with Crippen LogP contribution >= 0.6 is 0 Å². The lowest BCUT2D eigenvalue weighted by molar-refractivity contribution is 0.0966. The van der Waals surface area contributed by atoms with Gasteiger partial charge in [0.1, 0.15) is 0 Å². The minimum atomic E-state index is -0.709. The highest BCUT2D eigenvalue weighted by Gasteiger charge is 2.00. The van der Waals surface area contributed by atoms with E-state index in [1.165, 1.54) is 13.7 Å². The average Bonchev–Trinajstić information content (AvgIpc) is 2.16. The van der Waals surface area contributed by atoms with Crippen LogP contribution in [0.3, 0.4) is 0 Å². The van der Waals surface area contributed by atoms with Crippen LogP contribution in [0, 0.1) is 6.61 Å². The van der Waals surface area contributed by atoms with E-state index in [9.17, 15) is 4.79 Å². The summed E-state index contributed by atoms with van der Waals surface area (Å²) in [5.41, 5.74) is 0.822. The van der Waals surface area contributed by atoms with Crippen molar-refractivity contribution in [2.24, 2.45) is 0 Å². The van der Waals surface area contributed by atoms with Crippen molar-refractivity contribution in [1.82, 2.24) is 0 Å². The third-order valence-electron chi connectivity index (χ3n) is 1.26. The van der Waals surface area contributed by atoms with Crippen LogP contribution in [0.25, 0.3) is 0 Å². The topological polar surface area (TPSA) is 35.5 Å². The van der Waals surface area contributed by atoms with Crippen molar-refractivity contribution in [2.45, 2.75) is 0 Å². The Morgan fingerprint density at radius 1 is 1.33 bits per heavy atom. The van der Waals surface area contributed by atoms with Crippen molar-refractivity contribution < 1.29 is 14.3 Å². The van der Waals surface area contributed by atoms with E-state index >= 15 is 0 Å². The van der Waals surface area contributed by atoms with Gasteiger partial charge in [-0.25, -0.2) is 4.79 Å². The van der Waals surface area contributed by atoms with E-state index in [4.69, 9.17) is 0 Å². The van der Waals surface area contributed by atoms with Crippen LogP contribution in [0.4, 0.5) is 4.79 Å². The Bertz CT molecular complexity index is 243. The molecule has 0 aliphatic heterocycles. The Labute approximate surface area is 70.9 Å². The number of carbonyl (C=O) groups excluding carboxylic acids is 1. The standard InChI is InChI=1S/C9H9O3/c1-11-9(10)12-7-8-5-3-2-4-6-8/h2-7H,1H3. The van der Waals surface area contributed by atoms with Gasteiger partial charge in [0.2, 0.25) is 0 Å². The van der Waals surface area contributed by atoms with Gasteiger partial charge in [-0.15, -0.1) is 0 Å². The number of carbonyl (C=O) groups is 1. The van der Waals surface area contributed by atoms with Crippen LogP contribution in [0.1, 0.15) is 5.56 Å². The number of hydrogen-bond donors (Lipinski definition) is 0. The maximum Gasteiger partial charge on any atom is 0.508 e. The molecule has 0 spiro atoms. The smallest absolute Gasteiger partial charge is 0.438 e. The van der Waals surface area contributed by atoms with Crippen molar-refractivity contribution >= 4 is 6.16 Å². The summed E-state index contributed by atoms with van der Waals surface area (Å²) in [6.07, 6.45) is -0.709. The molecule has 0 saturated heterocycles. The lowest BCUT2D eigenvalue weighted by Crippen LogP contribution is -2.01. The fourth-order valence-electron chi connectivity index (χ4n) is 0.696. The molecule has 0 aliphatic rings. The van der Waals surface area contributed by atoms with Gasteiger partial charge < -0.3 is 9.47 Å². The van der Waals surface area contributed by atoms with E-state index in [0.717, 1.165) is 5.56 Å². The molecule has 1 radical (unpaired) electrons. The van der Waals surface area contributed by atoms with Crippen LogP contribution in [0.15, 0.2) is 30.3 Å². The first-order chi connectivity index (χ1) is 5.83. The highest BCUT2D eigenvalue weighted by Crippen LogP contribution is 2.02. The first kappa shape index (κ1) is 8.59. The Morgan fingerprint density at radius 3 is 2.58 bits per heavy atom. The fraction of sp³-hybridized carbons (Fsp3) is 0.111. The predicted molar refractivity (Wildman–Crippen MR) is 43.3 cm³/mol. The number of ether oxygens (including phenoxy) is 2. The molecule has 0 atom stereocenters. The normalized spacial score (nSPS) is 9.08. The van der Waals surface area contributed by atoms with Crippen molar-refractivity contribution in [1.29, 1.82) is 0 Å². The van der Waals surface area contributed by atoms with Crippen molar-refractivity contribution in [3.05, 3.63) is 42.5 Å². The van der Waals surface area contributed by atoms with E-state index in [2.05, 4.69) is 9.47 Å². The Balaban J connectivity index is 2.38. The second-order valence-corrected chi connectivity index (χ2v) is 2.10. The Morgan fingerprint density at radius 2 is 2.00 bits per heavy atom. The maximum absolute atomic E-state index is 10.5. The highest BCUT2D eigenvalue weighted by molar-refractivity contribution is 5.60. The minimum Gasteiger partial charge on any atom is -0.438 e. The SMILES string of the molecule is COC(=O)O[CH]c1ccccc1. The lowest BCUT2D eigenvalue weighted by atomic mass is 10.2. The summed E-state index contributed by atoms with van der Waals surface area (Å²) in [6, 6.07) is 9.24. The largest absolute Gasteiger partial charge is 0.508 e. The Kier molecular flexibility index (Phi) is 3.14. The monoisotopic (exact) mass is 165 g/mol. The van der Waals surface area contributed by atoms with E-state index < -0.39 is 6.16 Å². The number of benzene rings is 1. The first-order valence-corrected chi connectivity index (χ1v) is 3.46. The van der Waals surface area contributed by atoms with Crippen molar-refractivity contribution in [2.75, 3.05) is 7.11 Å². The van der Waals surface area contributed by atoms with Gasteiger partial charge in [0.05, 0.1) is 7.11 Å². The molecule has 12 heavy (non-hydrogen) atoms. The molecule has 0 amide bonds. The zero-order valence-electron chi connectivity index (χ0n) is 6.69. The molecule has 0 fully saturated rings. The van der Waals surface area contributed by atoms with Crippen LogP contribution in [-0.2, 0) is 9.47 Å². The Hall–Kier alpha value is -1.51. The zero-order valence-corrected chi connectivity index (χ0v) is 6.69. The quantitative estimate of drug-likeness (QED) is 0.628. The summed E-state index contributed by atoms with van der Waals surface area (Å²) in [6.45, 7) is 1.34. The summed E-state index contributed by atoms with van der Waals surface area (Å²) < 4.78 is 8.87. The molecular formula is C9H9O3. The van der Waals surface area contributed by atoms with Gasteiger partial charge >= 0.3 is 6.16 Å². The molecule has 63 valence electrons. The zero-order chi connectivity index (χ0) is 8.81. The number of hydrogen-bond acceptors (Lipinski definition) is 3. The molecule has 0 heterocycles. The summed E-state index contributed by atoms with van der Waals surface area (Å²) in [5.74, 6) is 0. The van der Waals surface area contributed by atoms with E-state index in [1.54, 1.807) is 0 Å². The van der Waals surface area contributed by atoms with Crippen LogP contribution < -0.4 is 0 Å². The number of methoxy groups -OCH3 is 1. The predicted octanol–water partition coefficient (Wildman–Crippen LogP) is 1.98. The minimum absolute atomic E-state index is 0.709. The molecule has 3 nitrogen and oxygen atoms in total.